The molecule has 2 heterocycles. The Hall–Kier alpha value is -3.17. The topological polar surface area (TPSA) is 82.6 Å². The highest BCUT2D eigenvalue weighted by atomic mass is 32.1. The minimum atomic E-state index is -0.360. The number of methoxy groups -OCH3 is 3. The van der Waals surface area contributed by atoms with E-state index in [0.29, 0.717) is 17.1 Å². The number of benzene rings is 2. The number of carbonyl (C=O) groups is 1. The zero-order valence-electron chi connectivity index (χ0n) is 15.9. The van der Waals surface area contributed by atoms with Crippen LogP contribution in [-0.2, 0) is 4.74 Å². The Morgan fingerprint density at radius 3 is 2.38 bits per heavy atom. The number of rotatable bonds is 6. The molecule has 0 saturated carbocycles. The number of nitrogens with one attached hydrogen (secondary N) is 1. The molecule has 0 saturated heterocycles. The van der Waals surface area contributed by atoms with Gasteiger partial charge in [-0.2, -0.15) is 0 Å². The molecule has 0 atom stereocenters. The highest BCUT2D eigenvalue weighted by Crippen LogP contribution is 2.37. The van der Waals surface area contributed by atoms with Crippen molar-refractivity contribution in [2.75, 3.05) is 26.6 Å². The van der Waals surface area contributed by atoms with E-state index in [1.807, 2.05) is 29.6 Å². The first-order valence-corrected chi connectivity index (χ1v) is 10.2. The van der Waals surface area contributed by atoms with Crippen LogP contribution in [0.25, 0.3) is 21.5 Å². The Balaban J connectivity index is 1.55. The molecule has 0 unspecified atom stereocenters. The molecule has 9 heteroatoms. The van der Waals surface area contributed by atoms with Gasteiger partial charge in [-0.3, -0.25) is 0 Å². The lowest BCUT2D eigenvalue weighted by atomic mass is 10.1. The third kappa shape index (κ3) is 3.87. The fourth-order valence-corrected chi connectivity index (χ4v) is 4.42. The molecule has 29 heavy (non-hydrogen) atoms. The van der Waals surface area contributed by atoms with Gasteiger partial charge in [-0.15, -0.1) is 11.3 Å². The Morgan fingerprint density at radius 2 is 1.69 bits per heavy atom. The lowest BCUT2D eigenvalue weighted by molar-refractivity contribution is 0.0601. The van der Waals surface area contributed by atoms with Crippen molar-refractivity contribution in [3.63, 3.8) is 0 Å². The molecule has 148 valence electrons. The number of esters is 1. The van der Waals surface area contributed by atoms with Crippen molar-refractivity contribution in [2.24, 2.45) is 0 Å². The second kappa shape index (κ2) is 8.06. The molecule has 0 fully saturated rings. The SMILES string of the molecule is COC(=O)c1ccc(-c2csc(Nc3nc4cc(OC)c(OC)cc4s3)n2)cc1. The fourth-order valence-electron chi connectivity index (χ4n) is 2.76. The van der Waals surface area contributed by atoms with E-state index in [0.717, 1.165) is 31.7 Å². The number of hydrogen-bond donors (Lipinski definition) is 1. The molecular weight excluding hydrogens is 410 g/mol. The van der Waals surface area contributed by atoms with E-state index in [9.17, 15) is 4.79 Å². The largest absolute Gasteiger partial charge is 0.493 e. The van der Waals surface area contributed by atoms with Crippen molar-refractivity contribution in [1.82, 2.24) is 9.97 Å². The Labute approximate surface area is 174 Å². The summed E-state index contributed by atoms with van der Waals surface area (Å²) in [6.45, 7) is 0. The van der Waals surface area contributed by atoms with Gasteiger partial charge < -0.3 is 19.5 Å². The molecule has 0 spiro atoms. The van der Waals surface area contributed by atoms with Crippen molar-refractivity contribution >= 4 is 49.1 Å². The average Bonchev–Trinajstić information content (AvgIpc) is 3.38. The third-order valence-electron chi connectivity index (χ3n) is 4.21. The van der Waals surface area contributed by atoms with Gasteiger partial charge in [-0.05, 0) is 12.1 Å². The van der Waals surface area contributed by atoms with Crippen LogP contribution in [0.4, 0.5) is 10.3 Å². The lowest BCUT2D eigenvalue weighted by Crippen LogP contribution is -2.00. The zero-order valence-corrected chi connectivity index (χ0v) is 17.5. The monoisotopic (exact) mass is 427 g/mol. The van der Waals surface area contributed by atoms with Gasteiger partial charge in [-0.1, -0.05) is 23.5 Å². The van der Waals surface area contributed by atoms with Gasteiger partial charge in [0.15, 0.2) is 21.8 Å². The summed E-state index contributed by atoms with van der Waals surface area (Å²) in [7, 11) is 4.57. The van der Waals surface area contributed by atoms with Gasteiger partial charge in [0.2, 0.25) is 0 Å². The first-order chi connectivity index (χ1) is 14.1. The summed E-state index contributed by atoms with van der Waals surface area (Å²) in [6.07, 6.45) is 0. The van der Waals surface area contributed by atoms with E-state index in [1.165, 1.54) is 29.8 Å². The number of fused-ring (bicyclic) bond motifs is 1. The van der Waals surface area contributed by atoms with Crippen LogP contribution in [0.2, 0.25) is 0 Å². The van der Waals surface area contributed by atoms with E-state index in [2.05, 4.69) is 15.3 Å². The first-order valence-electron chi connectivity index (χ1n) is 8.55. The molecule has 0 radical (unpaired) electrons. The summed E-state index contributed by atoms with van der Waals surface area (Å²) in [5, 5.41) is 6.67. The predicted molar refractivity (Wildman–Crippen MR) is 115 cm³/mol. The normalized spacial score (nSPS) is 10.7. The Bertz CT molecular complexity index is 1130. The van der Waals surface area contributed by atoms with Crippen molar-refractivity contribution in [1.29, 1.82) is 0 Å². The minimum absolute atomic E-state index is 0.360. The van der Waals surface area contributed by atoms with Gasteiger partial charge in [0.25, 0.3) is 0 Å². The molecule has 0 aliphatic carbocycles. The van der Waals surface area contributed by atoms with Crippen LogP contribution in [0.15, 0.2) is 41.8 Å². The van der Waals surface area contributed by atoms with Gasteiger partial charge in [0.1, 0.15) is 0 Å². The van der Waals surface area contributed by atoms with Gasteiger partial charge >= 0.3 is 5.97 Å². The van der Waals surface area contributed by atoms with E-state index in [4.69, 9.17) is 14.2 Å². The Morgan fingerprint density at radius 1 is 0.966 bits per heavy atom. The summed E-state index contributed by atoms with van der Waals surface area (Å²) in [5.41, 5.74) is 3.06. The minimum Gasteiger partial charge on any atom is -0.493 e. The number of carbonyl (C=O) groups excluding carboxylic acids is 1. The van der Waals surface area contributed by atoms with E-state index >= 15 is 0 Å². The number of thiazole rings is 2. The molecule has 0 aliphatic heterocycles. The van der Waals surface area contributed by atoms with E-state index in [-0.39, 0.29) is 5.97 Å². The molecule has 0 bridgehead atoms. The summed E-state index contributed by atoms with van der Waals surface area (Å²) in [4.78, 5) is 20.8. The summed E-state index contributed by atoms with van der Waals surface area (Å²) < 4.78 is 16.4. The van der Waals surface area contributed by atoms with Gasteiger partial charge in [0, 0.05) is 23.1 Å². The molecular formula is C20H17N3O4S2. The van der Waals surface area contributed by atoms with Crippen LogP contribution in [0.1, 0.15) is 10.4 Å². The fraction of sp³-hybridized carbons (Fsp3) is 0.150. The summed E-state index contributed by atoms with van der Waals surface area (Å²) in [5.74, 6) is 0.951. The summed E-state index contributed by atoms with van der Waals surface area (Å²) in [6, 6.07) is 10.9. The van der Waals surface area contributed by atoms with Crippen molar-refractivity contribution in [3.05, 3.63) is 47.3 Å². The average molecular weight is 428 g/mol. The number of anilines is 2. The van der Waals surface area contributed by atoms with Crippen molar-refractivity contribution in [3.8, 4) is 22.8 Å². The third-order valence-corrected chi connectivity index (χ3v) is 5.90. The van der Waals surface area contributed by atoms with E-state index in [1.54, 1.807) is 26.4 Å². The number of aromatic nitrogens is 2. The first kappa shape index (κ1) is 19.2. The number of hydrogen-bond acceptors (Lipinski definition) is 9. The molecule has 0 aliphatic rings. The second-order valence-electron chi connectivity index (χ2n) is 5.93. The smallest absolute Gasteiger partial charge is 0.337 e. The van der Waals surface area contributed by atoms with Crippen LogP contribution >= 0.6 is 22.7 Å². The Kier molecular flexibility index (Phi) is 5.32. The summed E-state index contributed by atoms with van der Waals surface area (Å²) >= 11 is 2.99. The van der Waals surface area contributed by atoms with Crippen LogP contribution in [-0.4, -0.2) is 37.3 Å². The molecule has 4 rings (SSSR count). The van der Waals surface area contributed by atoms with Crippen LogP contribution in [0.5, 0.6) is 11.5 Å². The van der Waals surface area contributed by atoms with Crippen LogP contribution in [0.3, 0.4) is 0 Å². The number of ether oxygens (including phenoxy) is 3. The predicted octanol–water partition coefficient (Wildman–Crippen LogP) is 4.97. The molecule has 2 aromatic carbocycles. The highest BCUT2D eigenvalue weighted by molar-refractivity contribution is 7.22. The van der Waals surface area contributed by atoms with Crippen LogP contribution < -0.4 is 14.8 Å². The molecule has 7 nitrogen and oxygen atoms in total. The zero-order chi connectivity index (χ0) is 20.4. The van der Waals surface area contributed by atoms with E-state index < -0.39 is 0 Å². The maximum atomic E-state index is 11.6. The van der Waals surface area contributed by atoms with Crippen molar-refractivity contribution in [2.45, 2.75) is 0 Å². The lowest BCUT2D eigenvalue weighted by Gasteiger charge is -2.05. The van der Waals surface area contributed by atoms with Gasteiger partial charge in [0.05, 0.1) is 42.8 Å². The van der Waals surface area contributed by atoms with Crippen molar-refractivity contribution < 1.29 is 19.0 Å². The van der Waals surface area contributed by atoms with Crippen LogP contribution in [0, 0.1) is 0 Å². The molecule has 1 N–H and O–H groups in total. The molecule has 4 aromatic rings. The number of nitrogens with zero attached hydrogens (tertiary/aromatic N) is 2. The molecule has 2 aromatic heterocycles. The van der Waals surface area contributed by atoms with Gasteiger partial charge in [-0.25, -0.2) is 14.8 Å². The maximum Gasteiger partial charge on any atom is 0.337 e. The standard InChI is InChI=1S/C20H17N3O4S2/c1-25-15-8-13-17(9-16(15)26-2)29-20(21-13)23-19-22-14(10-28-19)11-4-6-12(7-5-11)18(24)27-3/h4-10H,1-3H3,(H,21,22,23). The quantitative estimate of drug-likeness (QED) is 0.435. The maximum absolute atomic E-state index is 11.6. The molecule has 0 amide bonds. The second-order valence-corrected chi connectivity index (χ2v) is 7.81. The highest BCUT2D eigenvalue weighted by Gasteiger charge is 2.13.